The number of nitrogens with two attached hydrogens (primary N) is 2. The standard InChI is InChI=1S/C26H52N4O6.C3H9N/c1-9-14-35-19-24(4,5)16-28-21(31)10-12-26(8,30(33)34)13-11-22(32)29-17-25(6,7)20-36-18-23(2,3)15-27;1-2-3-4/h9-20,27H2,1-8H3,(H,28,31)(H,29,32);2-4H2,1H3. The van der Waals surface area contributed by atoms with E-state index >= 15 is 0 Å². The van der Waals surface area contributed by atoms with Crippen molar-refractivity contribution in [3.05, 3.63) is 10.1 Å². The van der Waals surface area contributed by atoms with Crippen LogP contribution in [0, 0.1) is 26.4 Å². The minimum atomic E-state index is -1.36. The maximum absolute atomic E-state index is 12.4. The van der Waals surface area contributed by atoms with Crippen molar-refractivity contribution in [2.45, 2.75) is 106 Å². The zero-order valence-corrected chi connectivity index (χ0v) is 27.0. The average molecular weight is 576 g/mol. The summed E-state index contributed by atoms with van der Waals surface area (Å²) < 4.78 is 11.4. The molecule has 0 aromatic rings. The number of amides is 2. The van der Waals surface area contributed by atoms with E-state index in [1.54, 1.807) is 0 Å². The highest BCUT2D eigenvalue weighted by atomic mass is 16.6. The van der Waals surface area contributed by atoms with E-state index in [2.05, 4.69) is 17.6 Å². The summed E-state index contributed by atoms with van der Waals surface area (Å²) in [6, 6.07) is 0. The minimum absolute atomic E-state index is 0.0119. The van der Waals surface area contributed by atoms with Gasteiger partial charge in [-0.1, -0.05) is 55.4 Å². The molecule has 1 unspecified atom stereocenters. The van der Waals surface area contributed by atoms with E-state index in [0.29, 0.717) is 46.1 Å². The van der Waals surface area contributed by atoms with E-state index in [9.17, 15) is 19.7 Å². The first-order chi connectivity index (χ1) is 18.4. The number of nitrogens with one attached hydrogen (secondary N) is 2. The van der Waals surface area contributed by atoms with Crippen LogP contribution < -0.4 is 22.1 Å². The van der Waals surface area contributed by atoms with E-state index in [1.807, 2.05) is 48.5 Å². The Morgan fingerprint density at radius 3 is 1.50 bits per heavy atom. The Hall–Kier alpha value is -1.82. The van der Waals surface area contributed by atoms with Gasteiger partial charge in [-0.3, -0.25) is 19.7 Å². The minimum Gasteiger partial charge on any atom is -0.381 e. The molecule has 0 rings (SSSR count). The number of hydrogen-bond donors (Lipinski definition) is 4. The highest BCUT2D eigenvalue weighted by Gasteiger charge is 2.38. The highest BCUT2D eigenvalue weighted by Crippen LogP contribution is 2.24. The Bertz CT molecular complexity index is 728. The number of rotatable bonds is 21. The van der Waals surface area contributed by atoms with Crippen LogP contribution in [0.1, 0.15) is 101 Å². The summed E-state index contributed by atoms with van der Waals surface area (Å²) in [5.41, 5.74) is 8.76. The van der Waals surface area contributed by atoms with Crippen molar-refractivity contribution in [3.8, 4) is 0 Å². The molecule has 0 aliphatic carbocycles. The molecular formula is C29H61N5O6. The molecule has 2 amide bonds. The maximum Gasteiger partial charge on any atom is 0.220 e. The van der Waals surface area contributed by atoms with Gasteiger partial charge in [0.25, 0.3) is 0 Å². The molecule has 6 N–H and O–H groups in total. The first-order valence-corrected chi connectivity index (χ1v) is 14.6. The molecule has 0 bridgehead atoms. The lowest BCUT2D eigenvalue weighted by molar-refractivity contribution is -0.567. The van der Waals surface area contributed by atoms with Crippen molar-refractivity contribution in [1.82, 2.24) is 10.6 Å². The third kappa shape index (κ3) is 21.0. The van der Waals surface area contributed by atoms with Crippen molar-refractivity contribution < 1.29 is 24.0 Å². The van der Waals surface area contributed by atoms with Gasteiger partial charge in [0.15, 0.2) is 0 Å². The Morgan fingerprint density at radius 1 is 0.750 bits per heavy atom. The number of ether oxygens (including phenoxy) is 2. The van der Waals surface area contributed by atoms with Gasteiger partial charge < -0.3 is 31.6 Å². The second-order valence-corrected chi connectivity index (χ2v) is 13.3. The van der Waals surface area contributed by atoms with Gasteiger partial charge in [-0.05, 0) is 25.9 Å². The zero-order chi connectivity index (χ0) is 31.5. The molecule has 40 heavy (non-hydrogen) atoms. The molecule has 0 fully saturated rings. The predicted molar refractivity (Wildman–Crippen MR) is 162 cm³/mol. The number of carbonyl (C=O) groups excluding carboxylic acids is 2. The maximum atomic E-state index is 12.4. The summed E-state index contributed by atoms with van der Waals surface area (Å²) in [7, 11) is 0. The summed E-state index contributed by atoms with van der Waals surface area (Å²) in [4.78, 5) is 36.1. The van der Waals surface area contributed by atoms with Gasteiger partial charge in [-0.15, -0.1) is 0 Å². The van der Waals surface area contributed by atoms with Crippen LogP contribution in [0.3, 0.4) is 0 Å². The first-order valence-electron chi connectivity index (χ1n) is 14.6. The third-order valence-electron chi connectivity index (χ3n) is 6.42. The fraction of sp³-hybridized carbons (Fsp3) is 0.931. The van der Waals surface area contributed by atoms with E-state index in [4.69, 9.17) is 20.9 Å². The highest BCUT2D eigenvalue weighted by molar-refractivity contribution is 5.76. The molecule has 0 saturated heterocycles. The van der Waals surface area contributed by atoms with Crippen LogP contribution in [-0.4, -0.2) is 74.9 Å². The Kier molecular flexibility index (Phi) is 20.3. The molecule has 11 heteroatoms. The predicted octanol–water partition coefficient (Wildman–Crippen LogP) is 3.65. The molecular weight excluding hydrogens is 514 g/mol. The Balaban J connectivity index is 0. The number of nitrogens with zero attached hydrogens (tertiary/aromatic N) is 1. The monoisotopic (exact) mass is 575 g/mol. The molecule has 0 aromatic carbocycles. The van der Waals surface area contributed by atoms with Crippen LogP contribution in [0.5, 0.6) is 0 Å². The van der Waals surface area contributed by atoms with Gasteiger partial charge in [0.1, 0.15) is 0 Å². The lowest BCUT2D eigenvalue weighted by atomic mass is 9.90. The number of hydrogen-bond acceptors (Lipinski definition) is 8. The van der Waals surface area contributed by atoms with E-state index in [-0.39, 0.29) is 58.7 Å². The van der Waals surface area contributed by atoms with Crippen LogP contribution >= 0.6 is 0 Å². The summed E-state index contributed by atoms with van der Waals surface area (Å²) in [6.45, 7) is 22.0. The largest absolute Gasteiger partial charge is 0.381 e. The molecule has 238 valence electrons. The van der Waals surface area contributed by atoms with Crippen LogP contribution in [-0.2, 0) is 19.1 Å². The molecule has 0 aliphatic rings. The molecule has 0 saturated carbocycles. The Morgan fingerprint density at radius 2 is 1.15 bits per heavy atom. The molecule has 0 heterocycles. The van der Waals surface area contributed by atoms with Gasteiger partial charge in [-0.2, -0.15) is 0 Å². The quantitative estimate of drug-likeness (QED) is 0.0912. The lowest BCUT2D eigenvalue weighted by Gasteiger charge is -2.28. The normalized spacial score (nSPS) is 13.6. The van der Waals surface area contributed by atoms with Crippen LogP contribution in [0.4, 0.5) is 0 Å². The van der Waals surface area contributed by atoms with Gasteiger partial charge in [0.2, 0.25) is 17.4 Å². The first kappa shape index (κ1) is 40.3. The van der Waals surface area contributed by atoms with Gasteiger partial charge in [0, 0.05) is 73.5 Å². The average Bonchev–Trinajstić information content (AvgIpc) is 2.88. The number of carbonyl (C=O) groups is 2. The lowest BCUT2D eigenvalue weighted by Crippen LogP contribution is -2.41. The van der Waals surface area contributed by atoms with Crippen molar-refractivity contribution in [2.75, 3.05) is 52.6 Å². The van der Waals surface area contributed by atoms with Crippen LogP contribution in [0.2, 0.25) is 0 Å². The molecule has 0 radical (unpaired) electrons. The van der Waals surface area contributed by atoms with Gasteiger partial charge >= 0.3 is 0 Å². The van der Waals surface area contributed by atoms with Crippen molar-refractivity contribution >= 4 is 11.8 Å². The van der Waals surface area contributed by atoms with Crippen molar-refractivity contribution in [2.24, 2.45) is 27.7 Å². The molecule has 0 aromatic heterocycles. The van der Waals surface area contributed by atoms with Gasteiger partial charge in [0.05, 0.1) is 19.8 Å². The molecule has 1 atom stereocenters. The summed E-state index contributed by atoms with van der Waals surface area (Å²) >= 11 is 0. The third-order valence-corrected chi connectivity index (χ3v) is 6.42. The van der Waals surface area contributed by atoms with E-state index in [0.717, 1.165) is 19.4 Å². The van der Waals surface area contributed by atoms with E-state index < -0.39 is 5.54 Å². The second kappa shape index (κ2) is 20.1. The molecule has 0 spiro atoms. The zero-order valence-electron chi connectivity index (χ0n) is 27.0. The van der Waals surface area contributed by atoms with E-state index in [1.165, 1.54) is 6.92 Å². The second-order valence-electron chi connectivity index (χ2n) is 13.3. The SMILES string of the molecule is CCCN.CCCOCC(C)(C)CNC(=O)CCC(C)(CCC(=O)NCC(C)(C)COCC(C)(C)CN)[N+](=O)[O-]. The Labute approximate surface area is 243 Å². The van der Waals surface area contributed by atoms with Crippen molar-refractivity contribution in [3.63, 3.8) is 0 Å². The molecule has 11 nitrogen and oxygen atoms in total. The number of nitro groups is 1. The fourth-order valence-corrected chi connectivity index (χ4v) is 3.18. The smallest absolute Gasteiger partial charge is 0.220 e. The molecule has 0 aliphatic heterocycles. The van der Waals surface area contributed by atoms with Crippen molar-refractivity contribution in [1.29, 1.82) is 0 Å². The van der Waals surface area contributed by atoms with Gasteiger partial charge in [-0.25, -0.2) is 0 Å². The topological polar surface area (TPSA) is 172 Å². The summed E-state index contributed by atoms with van der Waals surface area (Å²) in [5.74, 6) is -0.493. The van der Waals surface area contributed by atoms with Crippen LogP contribution in [0.25, 0.3) is 0 Å². The summed E-state index contributed by atoms with van der Waals surface area (Å²) in [5, 5.41) is 17.5. The fourth-order valence-electron chi connectivity index (χ4n) is 3.18. The summed E-state index contributed by atoms with van der Waals surface area (Å²) in [6.07, 6.45) is 2.17. The van der Waals surface area contributed by atoms with Crippen LogP contribution in [0.15, 0.2) is 0 Å².